The smallest absolute Gasteiger partial charge is 0.0662 e. The molecule has 0 amide bonds. The maximum atomic E-state index is 5.14. The van der Waals surface area contributed by atoms with E-state index in [4.69, 9.17) is 4.99 Å². The van der Waals surface area contributed by atoms with Crippen LogP contribution < -0.4 is 4.90 Å². The highest BCUT2D eigenvalue weighted by molar-refractivity contribution is 6.07. The van der Waals surface area contributed by atoms with E-state index in [1.807, 2.05) is 0 Å². The van der Waals surface area contributed by atoms with Crippen molar-refractivity contribution in [3.05, 3.63) is 217 Å². The molecule has 0 aliphatic carbocycles. The SMILES string of the molecule is CC(=Nc1ccccc1C)c1cc(-c2ccc(N(c3ccc(-c4ccccc4)cc3)c3ccc(-c4ccccc4)cc3)cc2)ccc1-c1ccccc1C. The minimum absolute atomic E-state index is 0.991. The number of benzene rings is 8. The molecule has 0 aliphatic rings. The molecule has 0 bridgehead atoms. The third-order valence-electron chi connectivity index (χ3n) is 10.2. The van der Waals surface area contributed by atoms with E-state index >= 15 is 0 Å². The summed E-state index contributed by atoms with van der Waals surface area (Å²) in [6.07, 6.45) is 0. The highest BCUT2D eigenvalue weighted by Crippen LogP contribution is 2.39. The molecular formula is C52H42N2. The highest BCUT2D eigenvalue weighted by atomic mass is 15.1. The van der Waals surface area contributed by atoms with Crippen molar-refractivity contribution in [2.75, 3.05) is 4.90 Å². The Balaban J connectivity index is 1.18. The summed E-state index contributed by atoms with van der Waals surface area (Å²) in [4.78, 5) is 7.48. The summed E-state index contributed by atoms with van der Waals surface area (Å²) in [5.74, 6) is 0. The summed E-state index contributed by atoms with van der Waals surface area (Å²) in [6, 6.07) is 71.4. The summed E-state index contributed by atoms with van der Waals surface area (Å²) >= 11 is 0. The molecule has 0 spiro atoms. The summed E-state index contributed by atoms with van der Waals surface area (Å²) in [7, 11) is 0. The van der Waals surface area contributed by atoms with Gasteiger partial charge in [-0.25, -0.2) is 0 Å². The Morgan fingerprint density at radius 3 is 1.28 bits per heavy atom. The molecule has 0 radical (unpaired) electrons. The van der Waals surface area contributed by atoms with Gasteiger partial charge in [0.2, 0.25) is 0 Å². The van der Waals surface area contributed by atoms with Crippen LogP contribution >= 0.6 is 0 Å². The monoisotopic (exact) mass is 694 g/mol. The van der Waals surface area contributed by atoms with Crippen molar-refractivity contribution < 1.29 is 0 Å². The van der Waals surface area contributed by atoms with Gasteiger partial charge in [0, 0.05) is 28.3 Å². The fourth-order valence-corrected chi connectivity index (χ4v) is 7.18. The zero-order chi connectivity index (χ0) is 36.9. The van der Waals surface area contributed by atoms with E-state index in [1.54, 1.807) is 0 Å². The summed E-state index contributed by atoms with van der Waals surface area (Å²) in [5, 5.41) is 0. The van der Waals surface area contributed by atoms with Gasteiger partial charge < -0.3 is 4.90 Å². The molecule has 0 saturated heterocycles. The fraction of sp³-hybridized carbons (Fsp3) is 0.0577. The molecular weight excluding hydrogens is 653 g/mol. The lowest BCUT2D eigenvalue weighted by atomic mass is 9.91. The van der Waals surface area contributed by atoms with Crippen molar-refractivity contribution in [2.45, 2.75) is 20.8 Å². The fourth-order valence-electron chi connectivity index (χ4n) is 7.18. The second-order valence-corrected chi connectivity index (χ2v) is 13.8. The number of aryl methyl sites for hydroxylation is 2. The summed E-state index contributed by atoms with van der Waals surface area (Å²) < 4.78 is 0. The van der Waals surface area contributed by atoms with E-state index in [2.05, 4.69) is 226 Å². The van der Waals surface area contributed by atoms with Crippen molar-refractivity contribution in [3.63, 3.8) is 0 Å². The third-order valence-corrected chi connectivity index (χ3v) is 10.2. The van der Waals surface area contributed by atoms with Crippen molar-refractivity contribution in [3.8, 4) is 44.5 Å². The highest BCUT2D eigenvalue weighted by Gasteiger charge is 2.16. The van der Waals surface area contributed by atoms with Gasteiger partial charge in [-0.2, -0.15) is 0 Å². The van der Waals surface area contributed by atoms with Crippen LogP contribution in [-0.2, 0) is 0 Å². The molecule has 0 aliphatic heterocycles. The zero-order valence-corrected chi connectivity index (χ0v) is 30.9. The Morgan fingerprint density at radius 1 is 0.370 bits per heavy atom. The maximum Gasteiger partial charge on any atom is 0.0662 e. The van der Waals surface area contributed by atoms with Crippen LogP contribution in [0.5, 0.6) is 0 Å². The van der Waals surface area contributed by atoms with E-state index in [-0.39, 0.29) is 0 Å². The number of nitrogens with zero attached hydrogens (tertiary/aromatic N) is 2. The molecule has 260 valence electrons. The Labute approximate surface area is 319 Å². The molecule has 0 aromatic heterocycles. The maximum absolute atomic E-state index is 5.14. The van der Waals surface area contributed by atoms with Crippen LogP contribution in [-0.4, -0.2) is 5.71 Å². The molecule has 8 rings (SSSR count). The molecule has 2 heteroatoms. The molecule has 0 unspecified atom stereocenters. The zero-order valence-electron chi connectivity index (χ0n) is 30.9. The summed E-state index contributed by atoms with van der Waals surface area (Å²) in [6.45, 7) is 6.42. The number of aliphatic imine (C=N–C) groups is 1. The van der Waals surface area contributed by atoms with Gasteiger partial charge in [-0.1, -0.05) is 152 Å². The molecule has 8 aromatic carbocycles. The van der Waals surface area contributed by atoms with Crippen molar-refractivity contribution in [1.29, 1.82) is 0 Å². The van der Waals surface area contributed by atoms with Crippen LogP contribution in [0, 0.1) is 13.8 Å². The van der Waals surface area contributed by atoms with Crippen molar-refractivity contribution >= 4 is 28.5 Å². The number of hydrogen-bond donors (Lipinski definition) is 0. The van der Waals surface area contributed by atoms with Crippen LogP contribution in [0.15, 0.2) is 205 Å². The second kappa shape index (κ2) is 15.5. The number of anilines is 3. The van der Waals surface area contributed by atoms with Gasteiger partial charge in [0.25, 0.3) is 0 Å². The molecule has 8 aromatic rings. The Hall–Kier alpha value is -6.77. The number of hydrogen-bond acceptors (Lipinski definition) is 2. The van der Waals surface area contributed by atoms with Gasteiger partial charge in [-0.3, -0.25) is 4.99 Å². The van der Waals surface area contributed by atoms with E-state index in [1.165, 1.54) is 38.9 Å². The standard InChI is InChI=1S/C52H42N2/c1-37-14-10-12-20-49(37)50-35-28-45(36-51(50)39(3)53-52-21-13-11-15-38(52)2)44-26-33-48(34-27-44)54(46-29-22-42(23-30-46)40-16-6-4-7-17-40)47-31-24-43(25-32-47)41-18-8-5-9-19-41/h4-36H,1-3H3. The molecule has 54 heavy (non-hydrogen) atoms. The summed E-state index contributed by atoms with van der Waals surface area (Å²) in [5.41, 5.74) is 18.3. The first-order valence-corrected chi connectivity index (χ1v) is 18.5. The van der Waals surface area contributed by atoms with Crippen LogP contribution in [0.1, 0.15) is 23.6 Å². The largest absolute Gasteiger partial charge is 0.311 e. The Kier molecular flexibility index (Phi) is 9.82. The minimum Gasteiger partial charge on any atom is -0.311 e. The van der Waals surface area contributed by atoms with E-state index in [9.17, 15) is 0 Å². The third kappa shape index (κ3) is 7.28. The first-order chi connectivity index (χ1) is 26.5. The van der Waals surface area contributed by atoms with Crippen molar-refractivity contribution in [1.82, 2.24) is 0 Å². The minimum atomic E-state index is 0.991. The van der Waals surface area contributed by atoms with Gasteiger partial charge in [0.1, 0.15) is 0 Å². The lowest BCUT2D eigenvalue weighted by molar-refractivity contribution is 1.28. The average Bonchev–Trinajstić information content (AvgIpc) is 3.23. The van der Waals surface area contributed by atoms with Crippen LogP contribution in [0.4, 0.5) is 22.7 Å². The topological polar surface area (TPSA) is 15.6 Å². The normalized spacial score (nSPS) is 11.4. The molecule has 0 fully saturated rings. The first-order valence-electron chi connectivity index (χ1n) is 18.5. The van der Waals surface area contributed by atoms with Gasteiger partial charge in [-0.05, 0) is 125 Å². The Morgan fingerprint density at radius 2 is 0.778 bits per heavy atom. The molecule has 0 atom stereocenters. The van der Waals surface area contributed by atoms with Crippen LogP contribution in [0.2, 0.25) is 0 Å². The predicted molar refractivity (Wildman–Crippen MR) is 231 cm³/mol. The van der Waals surface area contributed by atoms with Crippen LogP contribution in [0.25, 0.3) is 44.5 Å². The lowest BCUT2D eigenvalue weighted by Crippen LogP contribution is -2.09. The van der Waals surface area contributed by atoms with E-state index < -0.39 is 0 Å². The quantitative estimate of drug-likeness (QED) is 0.137. The van der Waals surface area contributed by atoms with E-state index in [0.29, 0.717) is 0 Å². The lowest BCUT2D eigenvalue weighted by Gasteiger charge is -2.26. The first kappa shape index (κ1) is 34.3. The molecule has 0 N–H and O–H groups in total. The molecule has 0 heterocycles. The second-order valence-electron chi connectivity index (χ2n) is 13.8. The van der Waals surface area contributed by atoms with Crippen molar-refractivity contribution in [2.24, 2.45) is 4.99 Å². The molecule has 0 saturated carbocycles. The van der Waals surface area contributed by atoms with Gasteiger partial charge >= 0.3 is 0 Å². The molecule has 2 nitrogen and oxygen atoms in total. The van der Waals surface area contributed by atoms with Gasteiger partial charge in [0.15, 0.2) is 0 Å². The van der Waals surface area contributed by atoms with Gasteiger partial charge in [0.05, 0.1) is 5.69 Å². The predicted octanol–water partition coefficient (Wildman–Crippen LogP) is 14.6. The average molecular weight is 695 g/mol. The Bertz CT molecular complexity index is 2450. The van der Waals surface area contributed by atoms with Gasteiger partial charge in [-0.15, -0.1) is 0 Å². The number of rotatable bonds is 9. The van der Waals surface area contributed by atoms with Crippen LogP contribution in [0.3, 0.4) is 0 Å². The number of para-hydroxylation sites is 1. The van der Waals surface area contributed by atoms with E-state index in [0.717, 1.165) is 50.7 Å².